The summed E-state index contributed by atoms with van der Waals surface area (Å²) < 4.78 is 18.3. The van der Waals surface area contributed by atoms with Crippen LogP contribution in [0.4, 0.5) is 14.9 Å². The molecule has 0 aliphatic heterocycles. The zero-order valence-electron chi connectivity index (χ0n) is 9.17. The highest BCUT2D eigenvalue weighted by Crippen LogP contribution is 2.22. The van der Waals surface area contributed by atoms with Crippen molar-refractivity contribution in [3.05, 3.63) is 22.7 Å². The Balaban J connectivity index is 2.73. The molecule has 0 aromatic carbocycles. The molecule has 0 radical (unpaired) electrons. The summed E-state index contributed by atoms with van der Waals surface area (Å²) in [6.07, 6.45) is 0.626. The Hall–Kier alpha value is -1.17. The van der Waals surface area contributed by atoms with E-state index in [1.165, 1.54) is 6.20 Å². The molecule has 16 heavy (non-hydrogen) atoms. The third-order valence-electron chi connectivity index (χ3n) is 1.46. The molecule has 6 heteroatoms. The van der Waals surface area contributed by atoms with Gasteiger partial charge >= 0.3 is 6.09 Å². The number of ether oxygens (including phenoxy) is 1. The molecule has 4 nitrogen and oxygen atoms in total. The van der Waals surface area contributed by atoms with Crippen molar-refractivity contribution in [3.8, 4) is 0 Å². The number of rotatable bonds is 1. The molecular weight excluding hydrogens is 279 g/mol. The van der Waals surface area contributed by atoms with Crippen molar-refractivity contribution in [1.82, 2.24) is 4.98 Å². The van der Waals surface area contributed by atoms with Gasteiger partial charge in [0.25, 0.3) is 0 Å². The van der Waals surface area contributed by atoms with E-state index in [0.717, 1.165) is 6.07 Å². The van der Waals surface area contributed by atoms with Gasteiger partial charge in [-0.3, -0.25) is 5.32 Å². The molecule has 0 saturated carbocycles. The molecule has 0 spiro atoms. The van der Waals surface area contributed by atoms with Gasteiger partial charge in [-0.15, -0.1) is 0 Å². The summed E-state index contributed by atoms with van der Waals surface area (Å²) in [7, 11) is 0. The van der Waals surface area contributed by atoms with Crippen LogP contribution in [0, 0.1) is 5.95 Å². The van der Waals surface area contributed by atoms with Gasteiger partial charge in [-0.1, -0.05) is 0 Å². The maximum atomic E-state index is 12.8. The van der Waals surface area contributed by atoms with E-state index in [2.05, 4.69) is 26.2 Å². The fourth-order valence-electron chi connectivity index (χ4n) is 0.923. The molecule has 0 aliphatic carbocycles. The van der Waals surface area contributed by atoms with E-state index in [4.69, 9.17) is 4.74 Å². The lowest BCUT2D eigenvalue weighted by molar-refractivity contribution is 0.0636. The fraction of sp³-hybridized carbons (Fsp3) is 0.400. The summed E-state index contributed by atoms with van der Waals surface area (Å²) in [5.74, 6) is -0.672. The van der Waals surface area contributed by atoms with Crippen molar-refractivity contribution in [3.63, 3.8) is 0 Å². The summed E-state index contributed by atoms with van der Waals surface area (Å²) in [5.41, 5.74) is -0.316. The Kier molecular flexibility index (Phi) is 3.85. The van der Waals surface area contributed by atoms with Crippen LogP contribution in [0.1, 0.15) is 20.8 Å². The minimum atomic E-state index is -0.672. The Labute approximate surface area is 101 Å². The van der Waals surface area contributed by atoms with Crippen molar-refractivity contribution in [2.24, 2.45) is 0 Å². The summed E-state index contributed by atoms with van der Waals surface area (Å²) in [6.45, 7) is 5.23. The van der Waals surface area contributed by atoms with E-state index in [1.54, 1.807) is 20.8 Å². The number of aromatic nitrogens is 1. The van der Waals surface area contributed by atoms with Gasteiger partial charge in [0.15, 0.2) is 0 Å². The summed E-state index contributed by atoms with van der Waals surface area (Å²) in [4.78, 5) is 14.8. The van der Waals surface area contributed by atoms with Crippen LogP contribution in [0.3, 0.4) is 0 Å². The summed E-state index contributed by atoms with van der Waals surface area (Å²) >= 11 is 3.14. The minimum Gasteiger partial charge on any atom is -0.444 e. The number of carbonyl (C=O) groups is 1. The van der Waals surface area contributed by atoms with Crippen LogP contribution < -0.4 is 5.32 Å². The standard InChI is InChI=1S/C10H12BrFN2O2/c1-10(2,3)16-9(15)14-7-4-8(12)13-5-6(7)11/h4-5H,1-3H3,(H,13,14,15). The number of amides is 1. The number of carbonyl (C=O) groups excluding carboxylic acids is 1. The predicted octanol–water partition coefficient (Wildman–Crippen LogP) is 3.33. The lowest BCUT2D eigenvalue weighted by atomic mass is 10.2. The van der Waals surface area contributed by atoms with Gasteiger partial charge in [-0.05, 0) is 36.7 Å². The maximum absolute atomic E-state index is 12.8. The van der Waals surface area contributed by atoms with Gasteiger partial charge < -0.3 is 4.74 Å². The second-order valence-electron chi connectivity index (χ2n) is 4.11. The highest BCUT2D eigenvalue weighted by molar-refractivity contribution is 9.10. The first-order valence-corrected chi connectivity index (χ1v) is 5.38. The molecule has 1 rings (SSSR count). The van der Waals surface area contributed by atoms with Gasteiger partial charge in [0, 0.05) is 12.3 Å². The first kappa shape index (κ1) is 12.9. The first-order chi connectivity index (χ1) is 7.28. The summed E-state index contributed by atoms with van der Waals surface area (Å²) in [6, 6.07) is 1.11. The second-order valence-corrected chi connectivity index (χ2v) is 4.97. The zero-order valence-corrected chi connectivity index (χ0v) is 10.8. The Bertz CT molecular complexity index is 404. The van der Waals surface area contributed by atoms with Crippen LogP contribution in [-0.2, 0) is 4.74 Å². The molecule has 0 saturated heterocycles. The number of nitrogens with zero attached hydrogens (tertiary/aromatic N) is 1. The van der Waals surface area contributed by atoms with E-state index >= 15 is 0 Å². The van der Waals surface area contributed by atoms with Gasteiger partial charge in [0.2, 0.25) is 5.95 Å². The molecule has 0 fully saturated rings. The molecule has 1 N–H and O–H groups in total. The smallest absolute Gasteiger partial charge is 0.412 e. The zero-order chi connectivity index (χ0) is 12.3. The Morgan fingerprint density at radius 2 is 2.19 bits per heavy atom. The van der Waals surface area contributed by atoms with Crippen LogP contribution in [-0.4, -0.2) is 16.7 Å². The maximum Gasteiger partial charge on any atom is 0.412 e. The predicted molar refractivity (Wildman–Crippen MR) is 61.8 cm³/mol. The average molecular weight is 291 g/mol. The molecule has 1 heterocycles. The molecule has 0 aliphatic rings. The molecule has 1 aromatic heterocycles. The van der Waals surface area contributed by atoms with E-state index in [1.807, 2.05) is 0 Å². The van der Waals surface area contributed by atoms with E-state index < -0.39 is 17.6 Å². The fourth-order valence-corrected chi connectivity index (χ4v) is 1.24. The SMILES string of the molecule is CC(C)(C)OC(=O)Nc1cc(F)ncc1Br. The van der Waals surface area contributed by atoms with Gasteiger partial charge in [-0.2, -0.15) is 4.39 Å². The van der Waals surface area contributed by atoms with Gasteiger partial charge in [-0.25, -0.2) is 9.78 Å². The number of anilines is 1. The topological polar surface area (TPSA) is 51.2 Å². The molecule has 0 unspecified atom stereocenters. The van der Waals surface area contributed by atoms with Crippen LogP contribution >= 0.6 is 15.9 Å². The monoisotopic (exact) mass is 290 g/mol. The molecular formula is C10H12BrFN2O2. The van der Waals surface area contributed by atoms with Crippen molar-refractivity contribution >= 4 is 27.7 Å². The number of hydrogen-bond donors (Lipinski definition) is 1. The molecule has 1 aromatic rings. The lowest BCUT2D eigenvalue weighted by Crippen LogP contribution is -2.27. The van der Waals surface area contributed by atoms with E-state index in [9.17, 15) is 9.18 Å². The third kappa shape index (κ3) is 4.14. The van der Waals surface area contributed by atoms with Crippen molar-refractivity contribution in [1.29, 1.82) is 0 Å². The molecule has 88 valence electrons. The molecule has 0 bridgehead atoms. The Morgan fingerprint density at radius 3 is 2.75 bits per heavy atom. The quantitative estimate of drug-likeness (QED) is 0.807. The average Bonchev–Trinajstić information content (AvgIpc) is 2.08. The van der Waals surface area contributed by atoms with E-state index in [-0.39, 0.29) is 5.69 Å². The number of hydrogen-bond acceptors (Lipinski definition) is 3. The van der Waals surface area contributed by atoms with Crippen LogP contribution in [0.15, 0.2) is 16.7 Å². The van der Waals surface area contributed by atoms with Crippen molar-refractivity contribution in [2.45, 2.75) is 26.4 Å². The molecule has 1 amide bonds. The van der Waals surface area contributed by atoms with E-state index in [0.29, 0.717) is 4.47 Å². The van der Waals surface area contributed by atoms with Crippen LogP contribution in [0.5, 0.6) is 0 Å². The highest BCUT2D eigenvalue weighted by Gasteiger charge is 2.17. The highest BCUT2D eigenvalue weighted by atomic mass is 79.9. The van der Waals surface area contributed by atoms with Gasteiger partial charge in [0.05, 0.1) is 10.2 Å². The lowest BCUT2D eigenvalue weighted by Gasteiger charge is -2.19. The second kappa shape index (κ2) is 4.78. The van der Waals surface area contributed by atoms with Gasteiger partial charge in [0.1, 0.15) is 5.60 Å². The number of halogens is 2. The van der Waals surface area contributed by atoms with Crippen LogP contribution in [0.25, 0.3) is 0 Å². The summed E-state index contributed by atoms with van der Waals surface area (Å²) in [5, 5.41) is 2.42. The van der Waals surface area contributed by atoms with Crippen molar-refractivity contribution < 1.29 is 13.9 Å². The largest absolute Gasteiger partial charge is 0.444 e. The third-order valence-corrected chi connectivity index (χ3v) is 2.09. The number of nitrogens with one attached hydrogen (secondary N) is 1. The normalized spacial score (nSPS) is 11.1. The first-order valence-electron chi connectivity index (χ1n) is 4.59. The Morgan fingerprint density at radius 1 is 1.56 bits per heavy atom. The van der Waals surface area contributed by atoms with Crippen LogP contribution in [0.2, 0.25) is 0 Å². The number of pyridine rings is 1. The molecule has 0 atom stereocenters. The minimum absolute atomic E-state index is 0.279. The van der Waals surface area contributed by atoms with Crippen molar-refractivity contribution in [2.75, 3.05) is 5.32 Å².